The first-order chi connectivity index (χ1) is 16.3. The molecule has 0 saturated carbocycles. The van der Waals surface area contributed by atoms with Crippen molar-refractivity contribution in [3.63, 3.8) is 0 Å². The predicted molar refractivity (Wildman–Crippen MR) is 129 cm³/mol. The molecule has 0 aliphatic carbocycles. The van der Waals surface area contributed by atoms with Crippen LogP contribution in [-0.2, 0) is 9.53 Å². The molecule has 0 atom stereocenters. The van der Waals surface area contributed by atoms with Crippen LogP contribution in [-0.4, -0.2) is 69.2 Å². The summed E-state index contributed by atoms with van der Waals surface area (Å²) in [4.78, 5) is 34.9. The second kappa shape index (κ2) is 11.2. The summed E-state index contributed by atoms with van der Waals surface area (Å²) >= 11 is 0. The molecule has 1 saturated heterocycles. The lowest BCUT2D eigenvalue weighted by molar-refractivity contribution is -0.138. The largest absolute Gasteiger partial charge is 0.462 e. The number of carbonyl (C=O) groups is 2. The van der Waals surface area contributed by atoms with E-state index in [-0.39, 0.29) is 17.3 Å². The maximum absolute atomic E-state index is 13.0. The number of aromatic nitrogens is 4. The van der Waals surface area contributed by atoms with Crippen LogP contribution in [0.3, 0.4) is 0 Å². The Hall–Kier alpha value is -4.08. The molecule has 0 spiro atoms. The molecule has 1 aromatic carbocycles. The van der Waals surface area contributed by atoms with E-state index in [1.807, 2.05) is 51.1 Å². The number of benzene rings is 1. The molecule has 0 radical (unpaired) electrons. The fraction of sp³-hybridized carbons (Fsp3) is 0.333. The van der Waals surface area contributed by atoms with E-state index >= 15 is 0 Å². The molecule has 1 fully saturated rings. The summed E-state index contributed by atoms with van der Waals surface area (Å²) in [6, 6.07) is 13.1. The molecule has 10 heteroatoms. The van der Waals surface area contributed by atoms with Crippen molar-refractivity contribution in [2.75, 3.05) is 36.8 Å². The van der Waals surface area contributed by atoms with Crippen LogP contribution in [0.5, 0.6) is 0 Å². The minimum atomic E-state index is -0.318. The monoisotopic (exact) mass is 463 g/mol. The van der Waals surface area contributed by atoms with Gasteiger partial charge in [-0.25, -0.2) is 9.97 Å². The summed E-state index contributed by atoms with van der Waals surface area (Å²) in [5.41, 5.74) is 7.53. The van der Waals surface area contributed by atoms with Crippen LogP contribution in [0.2, 0.25) is 0 Å². The molecular weight excluding hydrogens is 434 g/mol. The molecule has 0 unspecified atom stereocenters. The van der Waals surface area contributed by atoms with Gasteiger partial charge in [-0.1, -0.05) is 30.3 Å². The quantitative estimate of drug-likeness (QED) is 0.580. The lowest BCUT2D eigenvalue weighted by Crippen LogP contribution is -2.49. The Morgan fingerprint density at radius 3 is 2.21 bits per heavy atom. The van der Waals surface area contributed by atoms with E-state index in [2.05, 4.69) is 29.8 Å². The molecule has 1 aliphatic heterocycles. The van der Waals surface area contributed by atoms with E-state index in [0.717, 1.165) is 5.56 Å². The molecular formula is C24H29N7O3. The molecule has 1 amide bonds. The normalized spacial score (nSPS) is 13.5. The fourth-order valence-corrected chi connectivity index (χ4v) is 3.20. The average molecular weight is 464 g/mol. The van der Waals surface area contributed by atoms with Gasteiger partial charge < -0.3 is 20.3 Å². The molecule has 1 aliphatic rings. The summed E-state index contributed by atoms with van der Waals surface area (Å²) in [5, 5.41) is 8.10. The van der Waals surface area contributed by atoms with Crippen molar-refractivity contribution in [3.05, 3.63) is 60.4 Å². The van der Waals surface area contributed by atoms with Gasteiger partial charge in [0.15, 0.2) is 5.82 Å². The Labute approximate surface area is 198 Å². The van der Waals surface area contributed by atoms with Crippen LogP contribution in [0.4, 0.5) is 11.8 Å². The van der Waals surface area contributed by atoms with Crippen molar-refractivity contribution in [1.82, 2.24) is 25.1 Å². The average Bonchev–Trinajstić information content (AvgIpc) is 2.85. The van der Waals surface area contributed by atoms with Crippen LogP contribution in [0.1, 0.15) is 31.1 Å². The van der Waals surface area contributed by atoms with Crippen LogP contribution in [0.15, 0.2) is 54.9 Å². The lowest BCUT2D eigenvalue weighted by Gasteiger charge is -2.34. The Bertz CT molecular complexity index is 1080. The highest BCUT2D eigenvalue weighted by atomic mass is 16.5. The molecule has 10 nitrogen and oxygen atoms in total. The molecule has 3 aromatic rings. The second-order valence-corrected chi connectivity index (χ2v) is 8.55. The third-order valence-corrected chi connectivity index (χ3v) is 4.93. The van der Waals surface area contributed by atoms with Gasteiger partial charge in [0.1, 0.15) is 5.60 Å². The number of nitrogens with two attached hydrogens (primary N) is 1. The standard InChI is InChI=1S/C19H19N7O.C5H10O2/c20-17-15(13-16(23-24-17)14-5-2-1-3-6-14)18(27)25-9-11-26(12-10-25)19-21-7-4-8-22-19;1-5(2,3)7-4-6/h1-8,13H,9-12H2,(H2,20,24);4H,1-3H3. The third kappa shape index (κ3) is 6.71. The van der Waals surface area contributed by atoms with Gasteiger partial charge in [0, 0.05) is 44.1 Å². The number of ether oxygens (including phenoxy) is 1. The van der Waals surface area contributed by atoms with Crippen molar-refractivity contribution in [1.29, 1.82) is 0 Å². The summed E-state index contributed by atoms with van der Waals surface area (Å²) in [6.45, 7) is 8.39. The number of hydrogen-bond donors (Lipinski definition) is 1. The van der Waals surface area contributed by atoms with E-state index in [0.29, 0.717) is 49.9 Å². The van der Waals surface area contributed by atoms with Gasteiger partial charge in [-0.15, -0.1) is 10.2 Å². The Morgan fingerprint density at radius 2 is 1.65 bits per heavy atom. The predicted octanol–water partition coefficient (Wildman–Crippen LogP) is 2.44. The van der Waals surface area contributed by atoms with Crippen LogP contribution < -0.4 is 10.6 Å². The summed E-state index contributed by atoms with van der Waals surface area (Å²) in [5.74, 6) is 0.697. The number of nitrogen functional groups attached to an aromatic ring is 1. The van der Waals surface area contributed by atoms with E-state index in [9.17, 15) is 9.59 Å². The smallest absolute Gasteiger partial charge is 0.293 e. The highest BCUT2D eigenvalue weighted by Crippen LogP contribution is 2.21. The minimum absolute atomic E-state index is 0.131. The third-order valence-electron chi connectivity index (χ3n) is 4.93. The van der Waals surface area contributed by atoms with E-state index in [4.69, 9.17) is 5.73 Å². The first-order valence-corrected chi connectivity index (χ1v) is 10.9. The van der Waals surface area contributed by atoms with Crippen LogP contribution in [0, 0.1) is 0 Å². The molecule has 3 heterocycles. The summed E-state index contributed by atoms with van der Waals surface area (Å²) in [6.07, 6.45) is 3.43. The van der Waals surface area contributed by atoms with E-state index in [1.54, 1.807) is 29.4 Å². The summed E-state index contributed by atoms with van der Waals surface area (Å²) in [7, 11) is 0. The second-order valence-electron chi connectivity index (χ2n) is 8.55. The molecule has 34 heavy (non-hydrogen) atoms. The molecule has 0 bridgehead atoms. The van der Waals surface area contributed by atoms with Gasteiger partial charge in [-0.05, 0) is 32.9 Å². The maximum Gasteiger partial charge on any atom is 0.293 e. The van der Waals surface area contributed by atoms with Gasteiger partial charge >= 0.3 is 0 Å². The minimum Gasteiger partial charge on any atom is -0.462 e. The number of amides is 1. The van der Waals surface area contributed by atoms with E-state index in [1.165, 1.54) is 0 Å². The summed E-state index contributed by atoms with van der Waals surface area (Å²) < 4.78 is 4.55. The Kier molecular flexibility index (Phi) is 8.07. The molecule has 4 rings (SSSR count). The fourth-order valence-electron chi connectivity index (χ4n) is 3.20. The van der Waals surface area contributed by atoms with Gasteiger partial charge in [0.25, 0.3) is 12.4 Å². The topological polar surface area (TPSA) is 127 Å². The first kappa shape index (κ1) is 24.6. The van der Waals surface area contributed by atoms with Crippen LogP contribution in [0.25, 0.3) is 11.3 Å². The van der Waals surface area contributed by atoms with Crippen molar-refractivity contribution in [2.24, 2.45) is 0 Å². The van der Waals surface area contributed by atoms with Crippen molar-refractivity contribution in [3.8, 4) is 11.3 Å². The SMILES string of the molecule is CC(C)(C)OC=O.Nc1nnc(-c2ccccc2)cc1C(=O)N1CCN(c2ncccn2)CC1. The van der Waals surface area contributed by atoms with Gasteiger partial charge in [-0.2, -0.15) is 0 Å². The van der Waals surface area contributed by atoms with Gasteiger partial charge in [0.05, 0.1) is 11.3 Å². The van der Waals surface area contributed by atoms with Crippen molar-refractivity contribution < 1.29 is 14.3 Å². The highest BCUT2D eigenvalue weighted by molar-refractivity contribution is 5.99. The highest BCUT2D eigenvalue weighted by Gasteiger charge is 2.25. The number of hydrogen-bond acceptors (Lipinski definition) is 9. The zero-order valence-electron chi connectivity index (χ0n) is 19.6. The van der Waals surface area contributed by atoms with Gasteiger partial charge in [0.2, 0.25) is 5.95 Å². The number of carbonyl (C=O) groups excluding carboxylic acids is 2. The number of nitrogens with zero attached hydrogens (tertiary/aromatic N) is 6. The lowest BCUT2D eigenvalue weighted by atomic mass is 10.1. The molecule has 2 N–H and O–H groups in total. The first-order valence-electron chi connectivity index (χ1n) is 10.9. The number of anilines is 2. The number of rotatable bonds is 4. The zero-order valence-corrected chi connectivity index (χ0v) is 19.6. The Morgan fingerprint density at radius 1 is 1.00 bits per heavy atom. The van der Waals surface area contributed by atoms with Crippen molar-refractivity contribution >= 4 is 24.1 Å². The molecule has 2 aromatic heterocycles. The van der Waals surface area contributed by atoms with Crippen molar-refractivity contribution in [2.45, 2.75) is 26.4 Å². The molecule has 178 valence electrons. The van der Waals surface area contributed by atoms with E-state index < -0.39 is 0 Å². The maximum atomic E-state index is 13.0. The van der Waals surface area contributed by atoms with Gasteiger partial charge in [-0.3, -0.25) is 9.59 Å². The Balaban J connectivity index is 0.000000406. The zero-order chi connectivity index (χ0) is 24.6. The van der Waals surface area contributed by atoms with Crippen LogP contribution >= 0.6 is 0 Å². The number of piperazine rings is 1.